The van der Waals surface area contributed by atoms with E-state index in [1.165, 1.54) is 4.90 Å². The van der Waals surface area contributed by atoms with Gasteiger partial charge in [0.1, 0.15) is 16.6 Å². The molecule has 0 atom stereocenters. The van der Waals surface area contributed by atoms with E-state index in [4.69, 9.17) is 5.11 Å². The molecule has 3 rings (SSSR count). The van der Waals surface area contributed by atoms with Crippen LogP contribution in [0.15, 0.2) is 36.4 Å². The highest BCUT2D eigenvalue weighted by atomic mass is 32.1. The van der Waals surface area contributed by atoms with Crippen molar-refractivity contribution in [1.82, 2.24) is 4.98 Å². The fourth-order valence-electron chi connectivity index (χ4n) is 2.61. The van der Waals surface area contributed by atoms with Crippen LogP contribution in [0.1, 0.15) is 23.4 Å². The molecule has 8 heteroatoms. The summed E-state index contributed by atoms with van der Waals surface area (Å²) in [6.07, 6.45) is -0.460. The number of hydrogen-bond acceptors (Lipinski definition) is 4. The van der Waals surface area contributed by atoms with E-state index in [9.17, 15) is 18.4 Å². The zero-order valence-electron chi connectivity index (χ0n) is 14.4. The number of amides is 1. The quantitative estimate of drug-likeness (QED) is 0.682. The molecular weight excluding hydrogens is 374 g/mol. The van der Waals surface area contributed by atoms with Gasteiger partial charge in [-0.3, -0.25) is 9.59 Å². The number of carbonyl (C=O) groups is 2. The summed E-state index contributed by atoms with van der Waals surface area (Å²) in [7, 11) is 0. The number of carboxylic acids is 1. The van der Waals surface area contributed by atoms with Crippen LogP contribution in [0.25, 0.3) is 10.2 Å². The second kappa shape index (κ2) is 7.79. The summed E-state index contributed by atoms with van der Waals surface area (Å²) in [4.78, 5) is 29.0. The summed E-state index contributed by atoms with van der Waals surface area (Å²) >= 11 is 1.04. The summed E-state index contributed by atoms with van der Waals surface area (Å²) in [6.45, 7) is 1.95. The van der Waals surface area contributed by atoms with E-state index < -0.39 is 17.6 Å². The average molecular weight is 390 g/mol. The van der Waals surface area contributed by atoms with Crippen molar-refractivity contribution in [2.45, 2.75) is 26.3 Å². The summed E-state index contributed by atoms with van der Waals surface area (Å²) in [5.41, 5.74) is 1.78. The number of carboxylic acid groups (broad SMARTS) is 1. The number of thiazole rings is 1. The molecule has 0 bridgehead atoms. The smallest absolute Gasteiger partial charge is 0.303 e. The molecule has 1 amide bonds. The summed E-state index contributed by atoms with van der Waals surface area (Å²) < 4.78 is 27.5. The van der Waals surface area contributed by atoms with Crippen LogP contribution in [0.2, 0.25) is 0 Å². The van der Waals surface area contributed by atoms with E-state index in [0.29, 0.717) is 10.7 Å². The van der Waals surface area contributed by atoms with Gasteiger partial charge in [0.2, 0.25) is 5.91 Å². The molecule has 0 aliphatic heterocycles. The van der Waals surface area contributed by atoms with Crippen molar-refractivity contribution >= 4 is 39.1 Å². The lowest BCUT2D eigenvalue weighted by Crippen LogP contribution is -2.30. The van der Waals surface area contributed by atoms with Crippen molar-refractivity contribution < 1.29 is 23.5 Å². The van der Waals surface area contributed by atoms with Crippen molar-refractivity contribution in [3.8, 4) is 0 Å². The SMILES string of the molecule is Cc1ccc(N(Cc2nc3cc(F)cc(F)c3s2)C(=O)CCC(=O)O)cc1. The molecule has 0 unspecified atom stereocenters. The molecule has 27 heavy (non-hydrogen) atoms. The minimum Gasteiger partial charge on any atom is -0.481 e. The van der Waals surface area contributed by atoms with Crippen molar-refractivity contribution in [2.24, 2.45) is 0 Å². The largest absolute Gasteiger partial charge is 0.481 e. The first-order valence-corrected chi connectivity index (χ1v) is 8.98. The number of anilines is 1. The van der Waals surface area contributed by atoms with Gasteiger partial charge in [0.15, 0.2) is 0 Å². The number of aliphatic carboxylic acids is 1. The minimum absolute atomic E-state index is 0.0436. The Bertz CT molecular complexity index is 1000. The maximum atomic E-state index is 13.9. The molecule has 5 nitrogen and oxygen atoms in total. The summed E-state index contributed by atoms with van der Waals surface area (Å²) in [6, 6.07) is 9.10. The van der Waals surface area contributed by atoms with Gasteiger partial charge in [-0.15, -0.1) is 11.3 Å². The molecule has 1 aromatic heterocycles. The van der Waals surface area contributed by atoms with Crippen LogP contribution in [0.5, 0.6) is 0 Å². The molecule has 1 heterocycles. The number of halogens is 2. The van der Waals surface area contributed by atoms with Crippen molar-refractivity contribution in [2.75, 3.05) is 4.90 Å². The second-order valence-corrected chi connectivity index (χ2v) is 7.14. The van der Waals surface area contributed by atoms with Gasteiger partial charge in [0, 0.05) is 24.2 Å². The lowest BCUT2D eigenvalue weighted by Gasteiger charge is -2.22. The molecule has 2 aromatic carbocycles. The number of benzene rings is 2. The normalized spacial score (nSPS) is 10.9. The number of hydrogen-bond donors (Lipinski definition) is 1. The third-order valence-electron chi connectivity index (χ3n) is 3.95. The van der Waals surface area contributed by atoms with Gasteiger partial charge in [0.25, 0.3) is 0 Å². The highest BCUT2D eigenvalue weighted by molar-refractivity contribution is 7.18. The highest BCUT2D eigenvalue weighted by Gasteiger charge is 2.20. The number of carbonyl (C=O) groups excluding carboxylic acids is 1. The van der Waals surface area contributed by atoms with Crippen LogP contribution in [0.3, 0.4) is 0 Å². The van der Waals surface area contributed by atoms with Crippen LogP contribution in [-0.4, -0.2) is 22.0 Å². The zero-order chi connectivity index (χ0) is 19.6. The topological polar surface area (TPSA) is 70.5 Å². The maximum Gasteiger partial charge on any atom is 0.303 e. The summed E-state index contributed by atoms with van der Waals surface area (Å²) in [5.74, 6) is -2.87. The lowest BCUT2D eigenvalue weighted by molar-refractivity contribution is -0.138. The predicted molar refractivity (Wildman–Crippen MR) is 98.8 cm³/mol. The fraction of sp³-hybridized carbons (Fsp3) is 0.211. The predicted octanol–water partition coefficient (Wildman–Crippen LogP) is 4.28. The van der Waals surface area contributed by atoms with Gasteiger partial charge >= 0.3 is 5.97 Å². The van der Waals surface area contributed by atoms with E-state index in [1.807, 2.05) is 19.1 Å². The Morgan fingerprint density at radius 2 is 1.85 bits per heavy atom. The molecule has 140 valence electrons. The standard InChI is InChI=1S/C19H16F2N2O3S/c1-11-2-4-13(5-3-11)23(17(24)6-7-18(25)26)10-16-22-15-9-12(20)8-14(21)19(15)27-16/h2-5,8-9H,6-7,10H2,1H3,(H,25,26). The van der Waals surface area contributed by atoms with Gasteiger partial charge < -0.3 is 10.0 Å². The molecular formula is C19H16F2N2O3S. The second-order valence-electron chi connectivity index (χ2n) is 6.05. The number of aromatic nitrogens is 1. The highest BCUT2D eigenvalue weighted by Crippen LogP contribution is 2.28. The Balaban J connectivity index is 1.93. The van der Waals surface area contributed by atoms with E-state index in [2.05, 4.69) is 4.98 Å². The van der Waals surface area contributed by atoms with Crippen LogP contribution in [0.4, 0.5) is 14.5 Å². The molecule has 1 N–H and O–H groups in total. The van der Waals surface area contributed by atoms with Crippen LogP contribution in [0, 0.1) is 18.6 Å². The first-order valence-electron chi connectivity index (χ1n) is 8.17. The van der Waals surface area contributed by atoms with Crippen LogP contribution >= 0.6 is 11.3 Å². The molecule has 0 saturated heterocycles. The van der Waals surface area contributed by atoms with Crippen molar-refractivity contribution in [3.63, 3.8) is 0 Å². The van der Waals surface area contributed by atoms with Gasteiger partial charge in [-0.1, -0.05) is 17.7 Å². The number of rotatable bonds is 6. The van der Waals surface area contributed by atoms with E-state index in [1.54, 1.807) is 12.1 Å². The third-order valence-corrected chi connectivity index (χ3v) is 5.01. The van der Waals surface area contributed by atoms with Crippen molar-refractivity contribution in [3.05, 3.63) is 58.6 Å². The number of fused-ring (bicyclic) bond motifs is 1. The average Bonchev–Trinajstić information content (AvgIpc) is 3.01. The zero-order valence-corrected chi connectivity index (χ0v) is 15.2. The Labute approximate surface area is 157 Å². The molecule has 3 aromatic rings. The molecule has 0 aliphatic rings. The Hall–Kier alpha value is -2.87. The Morgan fingerprint density at radius 1 is 1.15 bits per heavy atom. The molecule has 0 saturated carbocycles. The van der Waals surface area contributed by atoms with Gasteiger partial charge in [-0.05, 0) is 19.1 Å². The fourth-order valence-corrected chi connectivity index (χ4v) is 3.54. The van der Waals surface area contributed by atoms with Gasteiger partial charge in [-0.2, -0.15) is 0 Å². The lowest BCUT2D eigenvalue weighted by atomic mass is 10.2. The van der Waals surface area contributed by atoms with Crippen molar-refractivity contribution in [1.29, 1.82) is 0 Å². The molecule has 0 fully saturated rings. The van der Waals surface area contributed by atoms with Crippen LogP contribution < -0.4 is 4.90 Å². The Kier molecular flexibility index (Phi) is 5.46. The number of aryl methyl sites for hydroxylation is 1. The number of nitrogens with zero attached hydrogens (tertiary/aromatic N) is 2. The monoisotopic (exact) mass is 390 g/mol. The van der Waals surface area contributed by atoms with Crippen LogP contribution in [-0.2, 0) is 16.1 Å². The van der Waals surface area contributed by atoms with E-state index >= 15 is 0 Å². The van der Waals surface area contributed by atoms with E-state index in [0.717, 1.165) is 29.0 Å². The first kappa shape index (κ1) is 18.9. The van der Waals surface area contributed by atoms with Gasteiger partial charge in [-0.25, -0.2) is 13.8 Å². The first-order chi connectivity index (χ1) is 12.8. The molecule has 0 spiro atoms. The molecule has 0 radical (unpaired) electrons. The maximum absolute atomic E-state index is 13.9. The Morgan fingerprint density at radius 3 is 2.52 bits per heavy atom. The minimum atomic E-state index is -1.07. The summed E-state index contributed by atoms with van der Waals surface area (Å²) in [5, 5.41) is 9.26. The molecule has 0 aliphatic carbocycles. The third kappa shape index (κ3) is 4.46. The van der Waals surface area contributed by atoms with Gasteiger partial charge in [0.05, 0.1) is 23.2 Å². The van der Waals surface area contributed by atoms with E-state index in [-0.39, 0.29) is 35.5 Å².